The average molecular weight is 426 g/mol. The third kappa shape index (κ3) is 4.44. The maximum Gasteiger partial charge on any atom is 0.339 e. The topological polar surface area (TPSA) is 88.7 Å². The molecule has 2 aromatic rings. The fourth-order valence-corrected chi connectivity index (χ4v) is 3.57. The van der Waals surface area contributed by atoms with Crippen LogP contribution in [0.4, 0.5) is 5.69 Å². The Labute approximate surface area is 180 Å². The predicted octanol–water partition coefficient (Wildman–Crippen LogP) is 3.30. The summed E-state index contributed by atoms with van der Waals surface area (Å²) < 4.78 is 10.6. The highest BCUT2D eigenvalue weighted by Crippen LogP contribution is 2.33. The van der Waals surface area contributed by atoms with Crippen LogP contribution in [0.3, 0.4) is 0 Å². The molecular weight excluding hydrogens is 402 g/mol. The third-order valence-electron chi connectivity index (χ3n) is 4.62. The van der Waals surface area contributed by atoms with Gasteiger partial charge in [-0.3, -0.25) is 4.79 Å². The lowest BCUT2D eigenvalue weighted by atomic mass is 9.94. The van der Waals surface area contributed by atoms with Gasteiger partial charge in [0.1, 0.15) is 5.75 Å². The summed E-state index contributed by atoms with van der Waals surface area (Å²) >= 11 is 5.32. The first kappa shape index (κ1) is 21.3. The van der Waals surface area contributed by atoms with Crippen LogP contribution in [0.5, 0.6) is 5.75 Å². The van der Waals surface area contributed by atoms with Gasteiger partial charge in [-0.15, -0.1) is 0 Å². The van der Waals surface area contributed by atoms with E-state index in [0.717, 1.165) is 5.56 Å². The molecule has 1 atom stereocenters. The van der Waals surface area contributed by atoms with E-state index in [1.54, 1.807) is 31.2 Å². The molecule has 156 valence electrons. The number of thiocarbonyl (C=S) groups is 1. The number of amides is 1. The SMILES string of the molecule is CCOc1ccccc1[C@@H]1NC(=S)NC(C)=C1C(=O)Nc1ccccc1C(=O)OC. The Morgan fingerprint density at radius 2 is 1.83 bits per heavy atom. The second-order valence-corrected chi connectivity index (χ2v) is 6.94. The minimum atomic E-state index is -0.532. The maximum absolute atomic E-state index is 13.3. The van der Waals surface area contributed by atoms with Gasteiger partial charge in [0.2, 0.25) is 0 Å². The van der Waals surface area contributed by atoms with Gasteiger partial charge in [0.05, 0.1) is 36.6 Å². The molecule has 0 aromatic heterocycles. The van der Waals surface area contributed by atoms with Crippen molar-refractivity contribution in [3.8, 4) is 5.75 Å². The first-order valence-electron chi connectivity index (χ1n) is 9.45. The van der Waals surface area contributed by atoms with E-state index >= 15 is 0 Å². The molecule has 0 aliphatic carbocycles. The predicted molar refractivity (Wildman–Crippen MR) is 118 cm³/mol. The Kier molecular flexibility index (Phi) is 6.68. The summed E-state index contributed by atoms with van der Waals surface area (Å²) in [6, 6.07) is 13.6. The smallest absolute Gasteiger partial charge is 0.339 e. The molecule has 0 fully saturated rings. The summed E-state index contributed by atoms with van der Waals surface area (Å²) in [6.45, 7) is 4.17. The Hall–Kier alpha value is -3.39. The molecule has 3 N–H and O–H groups in total. The van der Waals surface area contributed by atoms with Crippen LogP contribution in [-0.2, 0) is 9.53 Å². The van der Waals surface area contributed by atoms with Gasteiger partial charge in [-0.1, -0.05) is 30.3 Å². The van der Waals surface area contributed by atoms with Gasteiger partial charge < -0.3 is 25.4 Å². The highest BCUT2D eigenvalue weighted by molar-refractivity contribution is 7.80. The zero-order chi connectivity index (χ0) is 21.7. The monoisotopic (exact) mass is 425 g/mol. The van der Waals surface area contributed by atoms with Crippen molar-refractivity contribution in [2.24, 2.45) is 0 Å². The van der Waals surface area contributed by atoms with E-state index in [4.69, 9.17) is 21.7 Å². The number of benzene rings is 2. The minimum Gasteiger partial charge on any atom is -0.494 e. The first-order chi connectivity index (χ1) is 14.5. The van der Waals surface area contributed by atoms with Crippen molar-refractivity contribution in [1.82, 2.24) is 10.6 Å². The molecule has 1 heterocycles. The van der Waals surface area contributed by atoms with Gasteiger partial charge in [-0.05, 0) is 44.3 Å². The summed E-state index contributed by atoms with van der Waals surface area (Å²) in [7, 11) is 1.30. The molecule has 1 amide bonds. The van der Waals surface area contributed by atoms with Crippen LogP contribution in [0.2, 0.25) is 0 Å². The van der Waals surface area contributed by atoms with E-state index in [2.05, 4.69) is 16.0 Å². The first-order valence-corrected chi connectivity index (χ1v) is 9.85. The van der Waals surface area contributed by atoms with Gasteiger partial charge >= 0.3 is 5.97 Å². The molecule has 1 aliphatic rings. The highest BCUT2D eigenvalue weighted by atomic mass is 32.1. The number of anilines is 1. The molecule has 0 spiro atoms. The summed E-state index contributed by atoms with van der Waals surface area (Å²) in [6.07, 6.45) is 0. The number of esters is 1. The lowest BCUT2D eigenvalue weighted by molar-refractivity contribution is -0.113. The van der Waals surface area contributed by atoms with Crippen LogP contribution in [0.1, 0.15) is 35.8 Å². The lowest BCUT2D eigenvalue weighted by Gasteiger charge is -2.31. The van der Waals surface area contributed by atoms with Crippen LogP contribution in [-0.4, -0.2) is 30.7 Å². The Morgan fingerprint density at radius 3 is 2.57 bits per heavy atom. The summed E-state index contributed by atoms with van der Waals surface area (Å²) in [4.78, 5) is 25.4. The molecule has 7 nitrogen and oxygen atoms in total. The van der Waals surface area contributed by atoms with Gasteiger partial charge in [0.15, 0.2) is 5.11 Å². The molecule has 3 rings (SSSR count). The van der Waals surface area contributed by atoms with Crippen molar-refractivity contribution < 1.29 is 19.1 Å². The molecule has 2 aromatic carbocycles. The van der Waals surface area contributed by atoms with E-state index in [9.17, 15) is 9.59 Å². The van der Waals surface area contributed by atoms with Crippen LogP contribution in [0.15, 0.2) is 59.8 Å². The molecular formula is C22H23N3O4S. The minimum absolute atomic E-state index is 0.269. The molecule has 30 heavy (non-hydrogen) atoms. The number of nitrogens with one attached hydrogen (secondary N) is 3. The number of carbonyl (C=O) groups is 2. The highest BCUT2D eigenvalue weighted by Gasteiger charge is 2.32. The van der Waals surface area contributed by atoms with Gasteiger partial charge in [0, 0.05) is 11.3 Å². The van der Waals surface area contributed by atoms with Crippen molar-refractivity contribution in [2.75, 3.05) is 19.0 Å². The molecule has 0 saturated carbocycles. The summed E-state index contributed by atoms with van der Waals surface area (Å²) in [5.74, 6) is -0.242. The molecule has 8 heteroatoms. The number of para-hydroxylation sites is 2. The van der Waals surface area contributed by atoms with Gasteiger partial charge in [0.25, 0.3) is 5.91 Å². The van der Waals surface area contributed by atoms with Crippen molar-refractivity contribution >= 4 is 34.9 Å². The van der Waals surface area contributed by atoms with Crippen LogP contribution in [0.25, 0.3) is 0 Å². The van der Waals surface area contributed by atoms with Crippen molar-refractivity contribution in [3.63, 3.8) is 0 Å². The molecule has 1 aliphatic heterocycles. The molecule has 0 bridgehead atoms. The standard InChI is InChI=1S/C22H23N3O4S/c1-4-29-17-12-8-6-10-15(17)19-18(13(2)23-22(30)25-19)20(26)24-16-11-7-5-9-14(16)21(27)28-3/h5-12,19H,4H2,1-3H3,(H,24,26)(H2,23,25,30)/t19-/m0/s1. The Bertz CT molecular complexity index is 1020. The van der Waals surface area contributed by atoms with Crippen molar-refractivity contribution in [2.45, 2.75) is 19.9 Å². The fraction of sp³-hybridized carbons (Fsp3) is 0.227. The maximum atomic E-state index is 13.3. The number of carbonyl (C=O) groups excluding carboxylic acids is 2. The van der Waals surface area contributed by atoms with E-state index in [1.807, 2.05) is 31.2 Å². The second kappa shape index (κ2) is 9.41. The Balaban J connectivity index is 2.00. The van der Waals surface area contributed by atoms with E-state index in [1.165, 1.54) is 7.11 Å². The zero-order valence-electron chi connectivity index (χ0n) is 16.9. The third-order valence-corrected chi connectivity index (χ3v) is 4.84. The quantitative estimate of drug-likeness (QED) is 0.483. The van der Waals surface area contributed by atoms with Crippen molar-refractivity contribution in [1.29, 1.82) is 0 Å². The second-order valence-electron chi connectivity index (χ2n) is 6.53. The number of ether oxygens (including phenoxy) is 2. The average Bonchev–Trinajstić information content (AvgIpc) is 2.73. The molecule has 0 unspecified atom stereocenters. The molecule has 0 saturated heterocycles. The normalized spacial score (nSPS) is 15.7. The largest absolute Gasteiger partial charge is 0.494 e. The van der Waals surface area contributed by atoms with Crippen LogP contribution >= 0.6 is 12.2 Å². The molecule has 0 radical (unpaired) electrons. The van der Waals surface area contributed by atoms with Crippen LogP contribution < -0.4 is 20.7 Å². The fourth-order valence-electron chi connectivity index (χ4n) is 3.30. The van der Waals surface area contributed by atoms with Gasteiger partial charge in [-0.25, -0.2) is 4.79 Å². The summed E-state index contributed by atoms with van der Waals surface area (Å²) in [5, 5.41) is 9.40. The number of allylic oxidation sites excluding steroid dienone is 1. The van der Waals surface area contributed by atoms with Crippen LogP contribution in [0, 0.1) is 0 Å². The van der Waals surface area contributed by atoms with E-state index in [0.29, 0.717) is 34.4 Å². The number of methoxy groups -OCH3 is 1. The van der Waals surface area contributed by atoms with Gasteiger partial charge in [-0.2, -0.15) is 0 Å². The van der Waals surface area contributed by atoms with E-state index < -0.39 is 12.0 Å². The number of hydrogen-bond acceptors (Lipinski definition) is 5. The van der Waals surface area contributed by atoms with Crippen molar-refractivity contribution in [3.05, 3.63) is 70.9 Å². The summed E-state index contributed by atoms with van der Waals surface area (Å²) in [5.41, 5.74) is 2.47. The van der Waals surface area contributed by atoms with E-state index in [-0.39, 0.29) is 11.5 Å². The Morgan fingerprint density at radius 1 is 1.13 bits per heavy atom. The zero-order valence-corrected chi connectivity index (χ0v) is 17.8. The number of hydrogen-bond donors (Lipinski definition) is 3. The lowest BCUT2D eigenvalue weighted by Crippen LogP contribution is -2.46. The number of rotatable bonds is 6.